The van der Waals surface area contributed by atoms with E-state index < -0.39 is 16.8 Å². The molecule has 9 heteroatoms. The Bertz CT molecular complexity index is 689. The van der Waals surface area contributed by atoms with Crippen LogP contribution in [0.5, 0.6) is 0 Å². The van der Waals surface area contributed by atoms with E-state index in [4.69, 9.17) is 10.4 Å². The van der Waals surface area contributed by atoms with Gasteiger partial charge in [-0.1, -0.05) is 0 Å². The van der Waals surface area contributed by atoms with Crippen LogP contribution in [-0.4, -0.2) is 24.7 Å². The van der Waals surface area contributed by atoms with Crippen LogP contribution in [-0.2, 0) is 4.79 Å². The van der Waals surface area contributed by atoms with Gasteiger partial charge in [-0.2, -0.15) is 14.0 Å². The van der Waals surface area contributed by atoms with Gasteiger partial charge in [0.2, 0.25) is 0 Å². The lowest BCUT2D eigenvalue weighted by molar-refractivity contribution is -0.383. The number of nitro groups is 1. The molecular weight excluding hydrogens is 260 g/mol. The van der Waals surface area contributed by atoms with Gasteiger partial charge in [0.1, 0.15) is 5.52 Å². The lowest BCUT2D eigenvalue weighted by atomic mass is 9.99. The highest BCUT2D eigenvalue weighted by Gasteiger charge is 2.26. The lowest BCUT2D eigenvalue weighted by Crippen LogP contribution is -2.10. The van der Waals surface area contributed by atoms with Crippen LogP contribution in [0.1, 0.15) is 11.5 Å². The number of nitro benzene ring substituents is 1. The maximum Gasteiger partial charge on any atom is 0.325 e. The number of aliphatic carboxylic acids is 1. The van der Waals surface area contributed by atoms with E-state index in [0.717, 1.165) is 17.8 Å². The highest BCUT2D eigenvalue weighted by Crippen LogP contribution is 2.30. The Morgan fingerprint density at radius 1 is 1.50 bits per heavy atom. The normalized spacial score (nSPS) is 11.9. The van der Waals surface area contributed by atoms with Crippen molar-refractivity contribution < 1.29 is 14.8 Å². The molecule has 18 heavy (non-hydrogen) atoms. The van der Waals surface area contributed by atoms with Gasteiger partial charge >= 0.3 is 5.97 Å². The number of carbonyl (C=O) groups is 1. The molecule has 1 N–H and O–H groups in total. The van der Waals surface area contributed by atoms with Gasteiger partial charge in [-0.3, -0.25) is 14.9 Å². The van der Waals surface area contributed by atoms with Crippen molar-refractivity contribution >= 4 is 34.4 Å². The largest absolute Gasteiger partial charge is 0.480 e. The average Bonchev–Trinajstić information content (AvgIpc) is 2.78. The summed E-state index contributed by atoms with van der Waals surface area (Å²) in [7, 11) is 0. The van der Waals surface area contributed by atoms with E-state index in [-0.39, 0.29) is 22.3 Å². The molecule has 0 aliphatic carbocycles. The predicted molar refractivity (Wildman–Crippen MR) is 60.1 cm³/mol. The molecule has 0 radical (unpaired) electrons. The number of benzene rings is 1. The first-order valence-electron chi connectivity index (χ1n) is 4.58. The van der Waals surface area contributed by atoms with Crippen LogP contribution in [0.3, 0.4) is 0 Å². The summed E-state index contributed by atoms with van der Waals surface area (Å²) in [6, 6.07) is 3.97. The lowest BCUT2D eigenvalue weighted by Gasteiger charge is -2.04. The molecule has 8 nitrogen and oxygen atoms in total. The molecule has 0 saturated heterocycles. The molecule has 0 amide bonds. The molecule has 90 valence electrons. The van der Waals surface area contributed by atoms with Gasteiger partial charge < -0.3 is 5.11 Å². The first-order chi connectivity index (χ1) is 8.56. The molecule has 2 aromatic rings. The van der Waals surface area contributed by atoms with E-state index in [1.807, 2.05) is 0 Å². The topological polar surface area (TPSA) is 130 Å². The van der Waals surface area contributed by atoms with Crippen LogP contribution in [0.4, 0.5) is 5.69 Å². The number of carboxylic acid groups (broad SMARTS) is 1. The standard InChI is InChI=1S/C9H4N4O4S/c10-3-5(9(14)15)4-1-2-6(13(16)17)8-7(4)11-18-12-8/h1-2,5H,(H,14,15). The SMILES string of the molecule is N#CC(C(=O)O)c1ccc([N+](=O)[O-])c2nsnc12. The molecule has 2 rings (SSSR count). The van der Waals surface area contributed by atoms with Crippen molar-refractivity contribution in [2.75, 3.05) is 0 Å². The Labute approximate surface area is 104 Å². The molecule has 1 aromatic carbocycles. The predicted octanol–water partition coefficient (Wildman–Crippen LogP) is 1.29. The van der Waals surface area contributed by atoms with Crippen molar-refractivity contribution in [2.45, 2.75) is 5.92 Å². The van der Waals surface area contributed by atoms with Gasteiger partial charge in [0.25, 0.3) is 5.69 Å². The zero-order chi connectivity index (χ0) is 13.3. The van der Waals surface area contributed by atoms with E-state index in [1.165, 1.54) is 6.07 Å². The Morgan fingerprint density at radius 3 is 2.72 bits per heavy atom. The third-order valence-electron chi connectivity index (χ3n) is 2.31. The fourth-order valence-corrected chi connectivity index (χ4v) is 2.09. The fourth-order valence-electron chi connectivity index (χ4n) is 1.51. The smallest absolute Gasteiger partial charge is 0.325 e. The monoisotopic (exact) mass is 264 g/mol. The number of carboxylic acids is 1. The summed E-state index contributed by atoms with van der Waals surface area (Å²) in [5.41, 5.74) is -0.0592. The number of fused-ring (bicyclic) bond motifs is 1. The number of hydrogen-bond donors (Lipinski definition) is 1. The maximum atomic E-state index is 10.9. The van der Waals surface area contributed by atoms with Gasteiger partial charge in [-0.25, -0.2) is 0 Å². The number of hydrogen-bond acceptors (Lipinski definition) is 7. The highest BCUT2D eigenvalue weighted by atomic mass is 32.1. The second kappa shape index (κ2) is 4.34. The maximum absolute atomic E-state index is 10.9. The van der Waals surface area contributed by atoms with Gasteiger partial charge in [0.15, 0.2) is 11.4 Å². The zero-order valence-corrected chi connectivity index (χ0v) is 9.42. The van der Waals surface area contributed by atoms with Crippen molar-refractivity contribution in [3.63, 3.8) is 0 Å². The van der Waals surface area contributed by atoms with Crippen LogP contribution in [0, 0.1) is 21.4 Å². The van der Waals surface area contributed by atoms with Crippen LogP contribution < -0.4 is 0 Å². The summed E-state index contributed by atoms with van der Waals surface area (Å²) in [6.45, 7) is 0. The Morgan fingerprint density at radius 2 is 2.17 bits per heavy atom. The van der Waals surface area contributed by atoms with E-state index in [9.17, 15) is 14.9 Å². The van der Waals surface area contributed by atoms with Crippen LogP contribution in [0.25, 0.3) is 11.0 Å². The molecule has 1 heterocycles. The molecule has 0 aliphatic heterocycles. The summed E-state index contributed by atoms with van der Waals surface area (Å²) in [4.78, 5) is 21.0. The second-order valence-corrected chi connectivity index (χ2v) is 3.82. The van der Waals surface area contributed by atoms with Crippen molar-refractivity contribution in [3.8, 4) is 6.07 Å². The van der Waals surface area contributed by atoms with Crippen molar-refractivity contribution in [3.05, 3.63) is 27.8 Å². The third-order valence-corrected chi connectivity index (χ3v) is 2.84. The van der Waals surface area contributed by atoms with Gasteiger partial charge in [0, 0.05) is 11.6 Å². The number of rotatable bonds is 3. The first-order valence-corrected chi connectivity index (χ1v) is 5.31. The molecule has 0 fully saturated rings. The fraction of sp³-hybridized carbons (Fsp3) is 0.111. The second-order valence-electron chi connectivity index (χ2n) is 3.29. The number of nitriles is 1. The Kier molecular flexibility index (Phi) is 2.86. The zero-order valence-electron chi connectivity index (χ0n) is 8.60. The molecule has 0 aliphatic rings. The third kappa shape index (κ3) is 1.74. The molecule has 1 unspecified atom stereocenters. The first kappa shape index (κ1) is 11.9. The Balaban J connectivity index is 2.73. The minimum atomic E-state index is -1.42. The molecule has 0 bridgehead atoms. The van der Waals surface area contributed by atoms with E-state index in [1.54, 1.807) is 6.07 Å². The highest BCUT2D eigenvalue weighted by molar-refractivity contribution is 7.00. The average molecular weight is 264 g/mol. The van der Waals surface area contributed by atoms with E-state index in [0.29, 0.717) is 0 Å². The summed E-state index contributed by atoms with van der Waals surface area (Å²) in [5, 5.41) is 28.5. The van der Waals surface area contributed by atoms with Gasteiger partial charge in [0.05, 0.1) is 22.7 Å². The molecule has 0 spiro atoms. The van der Waals surface area contributed by atoms with Crippen LogP contribution >= 0.6 is 11.7 Å². The summed E-state index contributed by atoms with van der Waals surface area (Å²) < 4.78 is 7.59. The van der Waals surface area contributed by atoms with Gasteiger partial charge in [-0.15, -0.1) is 0 Å². The minimum Gasteiger partial charge on any atom is -0.480 e. The van der Waals surface area contributed by atoms with E-state index in [2.05, 4.69) is 8.75 Å². The number of non-ortho nitro benzene ring substituents is 1. The van der Waals surface area contributed by atoms with E-state index >= 15 is 0 Å². The minimum absolute atomic E-state index is 0.00370. The van der Waals surface area contributed by atoms with Gasteiger partial charge in [-0.05, 0) is 6.07 Å². The molecule has 0 saturated carbocycles. The van der Waals surface area contributed by atoms with Crippen molar-refractivity contribution in [1.82, 2.24) is 8.75 Å². The number of nitrogens with zero attached hydrogens (tertiary/aromatic N) is 4. The molecule has 1 aromatic heterocycles. The van der Waals surface area contributed by atoms with Crippen molar-refractivity contribution in [2.24, 2.45) is 0 Å². The number of aromatic nitrogens is 2. The van der Waals surface area contributed by atoms with Crippen LogP contribution in [0.2, 0.25) is 0 Å². The quantitative estimate of drug-likeness (QED) is 0.652. The molecular formula is C9H4N4O4S. The summed E-state index contributed by atoms with van der Waals surface area (Å²) >= 11 is 0.731. The molecule has 1 atom stereocenters. The summed E-state index contributed by atoms with van der Waals surface area (Å²) in [5.74, 6) is -2.75. The summed E-state index contributed by atoms with van der Waals surface area (Å²) in [6.07, 6.45) is 0. The van der Waals surface area contributed by atoms with Crippen molar-refractivity contribution in [1.29, 1.82) is 5.26 Å². The Hall–Kier alpha value is -2.60. The van der Waals surface area contributed by atoms with Crippen LogP contribution in [0.15, 0.2) is 12.1 Å².